The Hall–Kier alpha value is -1.43. The fraction of sp³-hybridized carbons (Fsp3) is 0.682. The molecule has 1 aromatic rings. The van der Waals surface area contributed by atoms with Gasteiger partial charge in [-0.05, 0) is 87.9 Å². The molecule has 1 spiro atoms. The van der Waals surface area contributed by atoms with Gasteiger partial charge in [0.05, 0.1) is 6.54 Å². The zero-order chi connectivity index (χ0) is 18.5. The SMILES string of the molecule is O=C(CN1CCC2(CCNC2)CC1)Nc1ccc(CN2CCCCC2)cc1. The van der Waals surface area contributed by atoms with Crippen LogP contribution in [0, 0.1) is 5.41 Å². The maximum absolute atomic E-state index is 12.4. The van der Waals surface area contributed by atoms with E-state index in [0.717, 1.165) is 38.4 Å². The number of nitrogens with one attached hydrogen (secondary N) is 2. The molecule has 1 amide bonds. The smallest absolute Gasteiger partial charge is 0.238 e. The minimum atomic E-state index is 0.110. The molecule has 148 valence electrons. The van der Waals surface area contributed by atoms with Gasteiger partial charge in [-0.15, -0.1) is 0 Å². The summed E-state index contributed by atoms with van der Waals surface area (Å²) < 4.78 is 0. The lowest BCUT2D eigenvalue weighted by atomic mass is 9.78. The van der Waals surface area contributed by atoms with Crippen LogP contribution in [0.5, 0.6) is 0 Å². The summed E-state index contributed by atoms with van der Waals surface area (Å²) in [5.74, 6) is 0.110. The van der Waals surface area contributed by atoms with Crippen LogP contribution in [0.2, 0.25) is 0 Å². The van der Waals surface area contributed by atoms with Gasteiger partial charge in [0.1, 0.15) is 0 Å². The van der Waals surface area contributed by atoms with Crippen LogP contribution in [-0.4, -0.2) is 61.5 Å². The van der Waals surface area contributed by atoms with Gasteiger partial charge in [-0.1, -0.05) is 18.6 Å². The number of likely N-dealkylation sites (tertiary alicyclic amines) is 2. The van der Waals surface area contributed by atoms with Gasteiger partial charge in [-0.2, -0.15) is 0 Å². The molecule has 0 atom stereocenters. The van der Waals surface area contributed by atoms with Crippen LogP contribution in [0.25, 0.3) is 0 Å². The Labute approximate surface area is 163 Å². The van der Waals surface area contributed by atoms with Crippen molar-refractivity contribution in [1.82, 2.24) is 15.1 Å². The number of nitrogens with zero attached hydrogens (tertiary/aromatic N) is 2. The number of benzene rings is 1. The van der Waals surface area contributed by atoms with Crippen molar-refractivity contribution in [2.45, 2.75) is 45.1 Å². The van der Waals surface area contributed by atoms with E-state index in [4.69, 9.17) is 0 Å². The number of carbonyl (C=O) groups is 1. The zero-order valence-electron chi connectivity index (χ0n) is 16.5. The Morgan fingerprint density at radius 1 is 0.963 bits per heavy atom. The predicted molar refractivity (Wildman–Crippen MR) is 110 cm³/mol. The van der Waals surface area contributed by atoms with Crippen molar-refractivity contribution >= 4 is 11.6 Å². The lowest BCUT2D eigenvalue weighted by Gasteiger charge is -2.38. The summed E-state index contributed by atoms with van der Waals surface area (Å²) in [6.07, 6.45) is 7.76. The molecule has 3 heterocycles. The second-order valence-corrected chi connectivity index (χ2v) is 8.78. The first-order chi connectivity index (χ1) is 13.2. The summed E-state index contributed by atoms with van der Waals surface area (Å²) in [5, 5.41) is 6.57. The van der Waals surface area contributed by atoms with Crippen LogP contribution in [0.3, 0.4) is 0 Å². The van der Waals surface area contributed by atoms with E-state index in [9.17, 15) is 4.79 Å². The summed E-state index contributed by atoms with van der Waals surface area (Å²) in [7, 11) is 0. The topological polar surface area (TPSA) is 47.6 Å². The third-order valence-electron chi connectivity index (χ3n) is 6.71. The van der Waals surface area contributed by atoms with Gasteiger partial charge >= 0.3 is 0 Å². The third kappa shape index (κ3) is 5.09. The first-order valence-corrected chi connectivity index (χ1v) is 10.8. The molecule has 1 aromatic carbocycles. The normalized spacial score (nSPS) is 23.6. The second kappa shape index (κ2) is 8.72. The number of carbonyl (C=O) groups excluding carboxylic acids is 1. The van der Waals surface area contributed by atoms with Crippen molar-refractivity contribution in [1.29, 1.82) is 0 Å². The fourth-order valence-electron chi connectivity index (χ4n) is 4.88. The van der Waals surface area contributed by atoms with Crippen molar-refractivity contribution in [3.63, 3.8) is 0 Å². The quantitative estimate of drug-likeness (QED) is 0.837. The molecule has 0 saturated carbocycles. The Morgan fingerprint density at radius 3 is 2.37 bits per heavy atom. The summed E-state index contributed by atoms with van der Waals surface area (Å²) >= 11 is 0. The maximum Gasteiger partial charge on any atom is 0.238 e. The summed E-state index contributed by atoms with van der Waals surface area (Å²) in [6, 6.07) is 8.41. The lowest BCUT2D eigenvalue weighted by Crippen LogP contribution is -2.44. The van der Waals surface area contributed by atoms with Crippen LogP contribution in [0.1, 0.15) is 44.1 Å². The molecule has 4 rings (SSSR count). The Balaban J connectivity index is 1.21. The highest BCUT2D eigenvalue weighted by Crippen LogP contribution is 2.36. The van der Waals surface area contributed by atoms with E-state index in [2.05, 4.69) is 32.6 Å². The molecule has 0 unspecified atom stereocenters. The number of hydrogen-bond donors (Lipinski definition) is 2. The minimum Gasteiger partial charge on any atom is -0.325 e. The number of piperidine rings is 2. The first kappa shape index (κ1) is 18.9. The van der Waals surface area contributed by atoms with E-state index >= 15 is 0 Å². The average molecular weight is 371 g/mol. The number of rotatable bonds is 5. The number of amides is 1. The second-order valence-electron chi connectivity index (χ2n) is 8.78. The number of anilines is 1. The van der Waals surface area contributed by atoms with Crippen LogP contribution >= 0.6 is 0 Å². The van der Waals surface area contributed by atoms with E-state index in [0.29, 0.717) is 12.0 Å². The number of hydrogen-bond acceptors (Lipinski definition) is 4. The van der Waals surface area contributed by atoms with E-state index in [1.165, 1.54) is 57.2 Å². The van der Waals surface area contributed by atoms with Crippen molar-refractivity contribution in [2.75, 3.05) is 51.1 Å². The van der Waals surface area contributed by atoms with Crippen LogP contribution in [0.4, 0.5) is 5.69 Å². The molecule has 3 aliphatic heterocycles. The van der Waals surface area contributed by atoms with E-state index in [1.54, 1.807) is 0 Å². The van der Waals surface area contributed by atoms with Gasteiger partial charge in [0.2, 0.25) is 5.91 Å². The van der Waals surface area contributed by atoms with Gasteiger partial charge in [0.15, 0.2) is 0 Å². The molecule has 3 fully saturated rings. The van der Waals surface area contributed by atoms with Crippen molar-refractivity contribution < 1.29 is 4.79 Å². The summed E-state index contributed by atoms with van der Waals surface area (Å²) in [5.41, 5.74) is 2.76. The van der Waals surface area contributed by atoms with E-state index in [-0.39, 0.29) is 5.91 Å². The zero-order valence-corrected chi connectivity index (χ0v) is 16.5. The van der Waals surface area contributed by atoms with Gasteiger partial charge in [0, 0.05) is 18.8 Å². The van der Waals surface area contributed by atoms with Gasteiger partial charge in [0.25, 0.3) is 0 Å². The van der Waals surface area contributed by atoms with Crippen LogP contribution in [-0.2, 0) is 11.3 Å². The predicted octanol–water partition coefficient (Wildman–Crippen LogP) is 2.69. The molecule has 0 bridgehead atoms. The van der Waals surface area contributed by atoms with Gasteiger partial charge < -0.3 is 10.6 Å². The molecular weight excluding hydrogens is 336 g/mol. The molecular formula is C22H34N4O. The summed E-state index contributed by atoms with van der Waals surface area (Å²) in [6.45, 7) is 8.38. The molecule has 5 heteroatoms. The molecule has 2 N–H and O–H groups in total. The van der Waals surface area contributed by atoms with Crippen molar-refractivity contribution in [3.8, 4) is 0 Å². The van der Waals surface area contributed by atoms with Crippen molar-refractivity contribution in [2.24, 2.45) is 5.41 Å². The maximum atomic E-state index is 12.4. The lowest BCUT2D eigenvalue weighted by molar-refractivity contribution is -0.117. The average Bonchev–Trinajstić information content (AvgIpc) is 3.14. The highest BCUT2D eigenvalue weighted by atomic mass is 16.2. The highest BCUT2D eigenvalue weighted by Gasteiger charge is 2.37. The first-order valence-electron chi connectivity index (χ1n) is 10.8. The molecule has 3 aliphatic rings. The largest absolute Gasteiger partial charge is 0.325 e. The monoisotopic (exact) mass is 370 g/mol. The Bertz CT molecular complexity index is 608. The summed E-state index contributed by atoms with van der Waals surface area (Å²) in [4.78, 5) is 17.3. The van der Waals surface area contributed by atoms with Gasteiger partial charge in [-0.3, -0.25) is 14.6 Å². The molecule has 0 radical (unpaired) electrons. The molecule has 27 heavy (non-hydrogen) atoms. The fourth-order valence-corrected chi connectivity index (χ4v) is 4.88. The van der Waals surface area contributed by atoms with E-state index < -0.39 is 0 Å². The molecule has 0 aromatic heterocycles. The molecule has 0 aliphatic carbocycles. The molecule has 5 nitrogen and oxygen atoms in total. The van der Waals surface area contributed by atoms with Gasteiger partial charge in [-0.25, -0.2) is 0 Å². The highest BCUT2D eigenvalue weighted by molar-refractivity contribution is 5.92. The minimum absolute atomic E-state index is 0.110. The molecule has 3 saturated heterocycles. The van der Waals surface area contributed by atoms with Crippen LogP contribution < -0.4 is 10.6 Å². The van der Waals surface area contributed by atoms with E-state index in [1.807, 2.05) is 12.1 Å². The van der Waals surface area contributed by atoms with Crippen molar-refractivity contribution in [3.05, 3.63) is 29.8 Å². The Morgan fingerprint density at radius 2 is 1.70 bits per heavy atom. The Kier molecular flexibility index (Phi) is 6.11. The van der Waals surface area contributed by atoms with Crippen LogP contribution in [0.15, 0.2) is 24.3 Å². The standard InChI is InChI=1S/C22H34N4O/c27-21(17-26-14-9-22(10-15-26)8-11-23-18-22)24-20-6-4-19(5-7-20)16-25-12-2-1-3-13-25/h4-7,23H,1-3,8-18H2,(H,24,27). The third-order valence-corrected chi connectivity index (χ3v) is 6.71.